The van der Waals surface area contributed by atoms with Gasteiger partial charge < -0.3 is 9.84 Å². The lowest BCUT2D eigenvalue weighted by Crippen LogP contribution is -2.47. The van der Waals surface area contributed by atoms with Gasteiger partial charge in [0.2, 0.25) is 5.82 Å². The zero-order chi connectivity index (χ0) is 14.7. The number of ether oxygens (including phenoxy) is 1. The van der Waals surface area contributed by atoms with E-state index < -0.39 is 16.4 Å². The molecule has 2 unspecified atom stereocenters. The molecule has 0 aromatic heterocycles. The Bertz CT molecular complexity index is 497. The number of hydrogen-bond donors (Lipinski definition) is 1. The van der Waals surface area contributed by atoms with Crippen molar-refractivity contribution in [2.75, 3.05) is 19.7 Å². The fraction of sp³-hybridized carbons (Fsp3) is 0.538. The fourth-order valence-corrected chi connectivity index (χ4v) is 2.43. The van der Waals surface area contributed by atoms with E-state index in [1.54, 1.807) is 6.07 Å². The Balaban J connectivity index is 2.06. The number of aliphatic hydroxyl groups excluding tert-OH is 1. The van der Waals surface area contributed by atoms with Crippen LogP contribution in [0.2, 0.25) is 0 Å². The number of hydrogen-bond acceptors (Lipinski definition) is 5. The minimum Gasteiger partial charge on any atom is -0.394 e. The molecule has 110 valence electrons. The molecule has 2 rings (SSSR count). The van der Waals surface area contributed by atoms with E-state index >= 15 is 0 Å². The maximum absolute atomic E-state index is 13.5. The van der Waals surface area contributed by atoms with Gasteiger partial charge in [0.1, 0.15) is 0 Å². The SMILES string of the molecule is CC1CN(Cc2ccc([N+](=O)[O-])c(F)c2)CC(CO)O1. The molecule has 0 spiro atoms. The van der Waals surface area contributed by atoms with E-state index in [2.05, 4.69) is 0 Å². The largest absolute Gasteiger partial charge is 0.394 e. The zero-order valence-corrected chi connectivity index (χ0v) is 11.2. The Labute approximate surface area is 115 Å². The molecule has 20 heavy (non-hydrogen) atoms. The third-order valence-corrected chi connectivity index (χ3v) is 3.22. The summed E-state index contributed by atoms with van der Waals surface area (Å²) in [5, 5.41) is 19.7. The number of rotatable bonds is 4. The highest BCUT2D eigenvalue weighted by molar-refractivity contribution is 5.35. The van der Waals surface area contributed by atoms with Crippen LogP contribution >= 0.6 is 0 Å². The van der Waals surface area contributed by atoms with Gasteiger partial charge in [-0.3, -0.25) is 15.0 Å². The molecule has 1 saturated heterocycles. The molecule has 2 atom stereocenters. The maximum Gasteiger partial charge on any atom is 0.304 e. The summed E-state index contributed by atoms with van der Waals surface area (Å²) < 4.78 is 19.1. The van der Waals surface area contributed by atoms with Gasteiger partial charge in [0.05, 0.1) is 23.7 Å². The van der Waals surface area contributed by atoms with Crippen LogP contribution in [0.25, 0.3) is 0 Å². The predicted molar refractivity (Wildman–Crippen MR) is 69.8 cm³/mol. The summed E-state index contributed by atoms with van der Waals surface area (Å²) in [6.45, 7) is 3.55. The molecule has 1 aromatic carbocycles. The number of nitro groups is 1. The van der Waals surface area contributed by atoms with Crippen LogP contribution < -0.4 is 0 Å². The van der Waals surface area contributed by atoms with E-state index in [1.165, 1.54) is 12.1 Å². The third-order valence-electron chi connectivity index (χ3n) is 3.22. The lowest BCUT2D eigenvalue weighted by molar-refractivity contribution is -0.387. The normalized spacial score (nSPS) is 23.8. The molecule has 1 N–H and O–H groups in total. The van der Waals surface area contributed by atoms with Gasteiger partial charge in [-0.1, -0.05) is 6.07 Å². The standard InChI is InChI=1S/C13H17FN2O4/c1-9-5-15(7-11(8-17)20-9)6-10-2-3-13(16(18)19)12(14)4-10/h2-4,9,11,17H,5-8H2,1H3. The average molecular weight is 284 g/mol. The van der Waals surface area contributed by atoms with Crippen LogP contribution in [-0.4, -0.2) is 46.8 Å². The van der Waals surface area contributed by atoms with Crippen LogP contribution in [0.5, 0.6) is 0 Å². The fourth-order valence-electron chi connectivity index (χ4n) is 2.43. The van der Waals surface area contributed by atoms with Gasteiger partial charge in [-0.25, -0.2) is 0 Å². The van der Waals surface area contributed by atoms with Crippen molar-refractivity contribution < 1.29 is 19.2 Å². The second kappa shape index (κ2) is 6.25. The van der Waals surface area contributed by atoms with Crippen molar-refractivity contribution >= 4 is 5.69 Å². The van der Waals surface area contributed by atoms with Gasteiger partial charge in [-0.15, -0.1) is 0 Å². The van der Waals surface area contributed by atoms with E-state index in [9.17, 15) is 14.5 Å². The van der Waals surface area contributed by atoms with Gasteiger partial charge in [0.25, 0.3) is 0 Å². The van der Waals surface area contributed by atoms with Crippen LogP contribution in [0.4, 0.5) is 10.1 Å². The summed E-state index contributed by atoms with van der Waals surface area (Å²) in [7, 11) is 0. The quantitative estimate of drug-likeness (QED) is 0.666. The Morgan fingerprint density at radius 1 is 1.55 bits per heavy atom. The van der Waals surface area contributed by atoms with E-state index in [1.807, 2.05) is 11.8 Å². The van der Waals surface area contributed by atoms with Gasteiger partial charge in [-0.2, -0.15) is 4.39 Å². The highest BCUT2D eigenvalue weighted by atomic mass is 19.1. The Kier molecular flexibility index (Phi) is 4.64. The van der Waals surface area contributed by atoms with Crippen molar-refractivity contribution in [3.8, 4) is 0 Å². The average Bonchev–Trinajstić information content (AvgIpc) is 2.37. The van der Waals surface area contributed by atoms with Crippen molar-refractivity contribution in [3.63, 3.8) is 0 Å². The van der Waals surface area contributed by atoms with Gasteiger partial charge in [-0.05, 0) is 18.6 Å². The maximum atomic E-state index is 13.5. The molecule has 1 aromatic rings. The first-order valence-electron chi connectivity index (χ1n) is 6.41. The van der Waals surface area contributed by atoms with E-state index in [4.69, 9.17) is 9.84 Å². The van der Waals surface area contributed by atoms with E-state index in [0.29, 0.717) is 25.2 Å². The topological polar surface area (TPSA) is 75.8 Å². The molecule has 1 fully saturated rings. The summed E-state index contributed by atoms with van der Waals surface area (Å²) in [6.07, 6.45) is -0.259. The van der Waals surface area contributed by atoms with Gasteiger partial charge >= 0.3 is 5.69 Å². The first kappa shape index (κ1) is 14.8. The molecule has 6 nitrogen and oxygen atoms in total. The lowest BCUT2D eigenvalue weighted by atomic mass is 10.1. The van der Waals surface area contributed by atoms with Gasteiger partial charge in [0, 0.05) is 25.7 Å². The summed E-state index contributed by atoms with van der Waals surface area (Å²) in [5.74, 6) is -0.826. The van der Waals surface area contributed by atoms with Crippen molar-refractivity contribution in [3.05, 3.63) is 39.7 Å². The van der Waals surface area contributed by atoms with Crippen molar-refractivity contribution in [2.45, 2.75) is 25.7 Å². The third kappa shape index (κ3) is 3.50. The molecule has 1 aliphatic rings. The number of morpholine rings is 1. The molecular weight excluding hydrogens is 267 g/mol. The second-order valence-electron chi connectivity index (χ2n) is 4.99. The molecule has 7 heteroatoms. The monoisotopic (exact) mass is 284 g/mol. The van der Waals surface area contributed by atoms with Crippen LogP contribution in [0.1, 0.15) is 12.5 Å². The minimum atomic E-state index is -0.826. The summed E-state index contributed by atoms with van der Waals surface area (Å²) in [6, 6.07) is 3.92. The predicted octanol–water partition coefficient (Wildman–Crippen LogP) is 1.32. The Morgan fingerprint density at radius 3 is 2.90 bits per heavy atom. The molecule has 1 aliphatic heterocycles. The highest BCUT2D eigenvalue weighted by Gasteiger charge is 2.25. The van der Waals surface area contributed by atoms with E-state index in [-0.39, 0.29) is 18.8 Å². The summed E-state index contributed by atoms with van der Waals surface area (Å²) in [4.78, 5) is 11.9. The molecule has 0 aliphatic carbocycles. The lowest BCUT2D eigenvalue weighted by Gasteiger charge is -2.36. The first-order chi connectivity index (χ1) is 9.49. The van der Waals surface area contributed by atoms with E-state index in [0.717, 1.165) is 0 Å². The molecule has 0 amide bonds. The van der Waals surface area contributed by atoms with Crippen LogP contribution in [0, 0.1) is 15.9 Å². The Morgan fingerprint density at radius 2 is 2.30 bits per heavy atom. The number of nitro benzene ring substituents is 1. The molecule has 0 bridgehead atoms. The molecular formula is C13H17FN2O4. The van der Waals surface area contributed by atoms with Crippen molar-refractivity contribution in [2.24, 2.45) is 0 Å². The molecule has 0 saturated carbocycles. The highest BCUT2D eigenvalue weighted by Crippen LogP contribution is 2.20. The van der Waals surface area contributed by atoms with Crippen LogP contribution in [0.15, 0.2) is 18.2 Å². The van der Waals surface area contributed by atoms with Crippen molar-refractivity contribution in [1.82, 2.24) is 4.90 Å². The van der Waals surface area contributed by atoms with Gasteiger partial charge in [0.15, 0.2) is 0 Å². The molecule has 1 heterocycles. The van der Waals surface area contributed by atoms with Crippen LogP contribution in [0.3, 0.4) is 0 Å². The zero-order valence-electron chi connectivity index (χ0n) is 11.2. The number of nitrogens with zero attached hydrogens (tertiary/aromatic N) is 2. The first-order valence-corrected chi connectivity index (χ1v) is 6.41. The summed E-state index contributed by atoms with van der Waals surface area (Å²) in [5.41, 5.74) is 0.149. The summed E-state index contributed by atoms with van der Waals surface area (Å²) >= 11 is 0. The minimum absolute atomic E-state index is 0.0104. The smallest absolute Gasteiger partial charge is 0.304 e. The Hall–Kier alpha value is -1.57. The van der Waals surface area contributed by atoms with Crippen molar-refractivity contribution in [1.29, 1.82) is 0 Å². The van der Waals surface area contributed by atoms with Crippen LogP contribution in [-0.2, 0) is 11.3 Å². The number of benzene rings is 1. The number of halogens is 1. The molecule has 0 radical (unpaired) electrons. The number of aliphatic hydroxyl groups is 1. The second-order valence-corrected chi connectivity index (χ2v) is 4.99.